The molecule has 4 nitrogen and oxygen atoms in total. The molecule has 0 saturated carbocycles. The highest BCUT2D eigenvalue weighted by molar-refractivity contribution is 5.39. The summed E-state index contributed by atoms with van der Waals surface area (Å²) in [5.41, 5.74) is -1.16. The Balaban J connectivity index is 2.99. The molecular formula is C11H14F3NO3. The SMILES string of the molecule is CNCC(O)C(O)c1ccc(C(F)(F)F)cc1O. The normalized spacial score (nSPS) is 15.4. The molecule has 0 aliphatic heterocycles. The molecule has 2 unspecified atom stereocenters. The summed E-state index contributed by atoms with van der Waals surface area (Å²) in [5.74, 6) is -0.701. The third-order valence-electron chi connectivity index (χ3n) is 2.45. The van der Waals surface area contributed by atoms with Crippen molar-refractivity contribution in [3.63, 3.8) is 0 Å². The van der Waals surface area contributed by atoms with Crippen LogP contribution in [0.15, 0.2) is 18.2 Å². The molecule has 0 heterocycles. The first-order valence-corrected chi connectivity index (χ1v) is 5.18. The lowest BCUT2D eigenvalue weighted by atomic mass is 10.0. The first-order chi connectivity index (χ1) is 8.27. The van der Waals surface area contributed by atoms with Crippen molar-refractivity contribution in [1.29, 1.82) is 0 Å². The predicted octanol–water partition coefficient (Wildman–Crippen LogP) is 1.02. The van der Waals surface area contributed by atoms with Crippen LogP contribution in [-0.4, -0.2) is 35.0 Å². The zero-order valence-electron chi connectivity index (χ0n) is 9.57. The first-order valence-electron chi connectivity index (χ1n) is 5.18. The van der Waals surface area contributed by atoms with E-state index in [0.717, 1.165) is 12.1 Å². The maximum atomic E-state index is 12.3. The summed E-state index contributed by atoms with van der Waals surface area (Å²) in [6, 6.07) is 2.21. The minimum atomic E-state index is -4.56. The number of rotatable bonds is 4. The number of aromatic hydroxyl groups is 1. The molecule has 0 aromatic heterocycles. The molecule has 0 spiro atoms. The molecule has 102 valence electrons. The molecule has 0 aliphatic rings. The average molecular weight is 265 g/mol. The number of benzene rings is 1. The molecule has 1 aromatic rings. The van der Waals surface area contributed by atoms with Crippen LogP contribution in [-0.2, 0) is 6.18 Å². The summed E-state index contributed by atoms with van der Waals surface area (Å²) in [5, 5.41) is 31.2. The van der Waals surface area contributed by atoms with Gasteiger partial charge in [-0.25, -0.2) is 0 Å². The molecule has 0 aliphatic carbocycles. The van der Waals surface area contributed by atoms with Gasteiger partial charge in [-0.15, -0.1) is 0 Å². The zero-order valence-corrected chi connectivity index (χ0v) is 9.57. The van der Waals surface area contributed by atoms with E-state index in [2.05, 4.69) is 5.32 Å². The van der Waals surface area contributed by atoms with Crippen LogP contribution in [0.5, 0.6) is 5.75 Å². The Kier molecular flexibility index (Phi) is 4.55. The molecule has 0 saturated heterocycles. The van der Waals surface area contributed by atoms with Crippen molar-refractivity contribution in [3.8, 4) is 5.75 Å². The first kappa shape index (κ1) is 14.7. The van der Waals surface area contributed by atoms with Crippen LogP contribution < -0.4 is 5.32 Å². The second-order valence-corrected chi connectivity index (χ2v) is 3.84. The van der Waals surface area contributed by atoms with Crippen LogP contribution in [0.4, 0.5) is 13.2 Å². The monoisotopic (exact) mass is 265 g/mol. The smallest absolute Gasteiger partial charge is 0.416 e. The molecule has 7 heteroatoms. The van der Waals surface area contributed by atoms with Crippen molar-refractivity contribution in [2.75, 3.05) is 13.6 Å². The lowest BCUT2D eigenvalue weighted by molar-refractivity contribution is -0.137. The van der Waals surface area contributed by atoms with E-state index >= 15 is 0 Å². The van der Waals surface area contributed by atoms with Gasteiger partial charge in [-0.05, 0) is 19.2 Å². The largest absolute Gasteiger partial charge is 0.508 e. The number of likely N-dealkylation sites (N-methyl/N-ethyl adjacent to an activating group) is 1. The van der Waals surface area contributed by atoms with E-state index < -0.39 is 29.7 Å². The predicted molar refractivity (Wildman–Crippen MR) is 58.0 cm³/mol. The van der Waals surface area contributed by atoms with Gasteiger partial charge in [-0.3, -0.25) is 0 Å². The summed E-state index contributed by atoms with van der Waals surface area (Å²) >= 11 is 0. The fourth-order valence-electron chi connectivity index (χ4n) is 1.50. The van der Waals surface area contributed by atoms with E-state index in [-0.39, 0.29) is 12.1 Å². The minimum absolute atomic E-state index is 0.0433. The Morgan fingerprint density at radius 1 is 1.28 bits per heavy atom. The van der Waals surface area contributed by atoms with Crippen LogP contribution in [0.3, 0.4) is 0 Å². The standard InChI is InChI=1S/C11H14F3NO3/c1-15-5-9(17)10(18)7-3-2-6(4-8(7)16)11(12,13)14/h2-4,9-10,15-18H,5H2,1H3. The Morgan fingerprint density at radius 2 is 1.89 bits per heavy atom. The van der Waals surface area contributed by atoms with Gasteiger partial charge in [-0.2, -0.15) is 13.2 Å². The summed E-state index contributed by atoms with van der Waals surface area (Å²) in [6.07, 6.45) is -7.25. The molecule has 2 atom stereocenters. The quantitative estimate of drug-likeness (QED) is 0.656. The van der Waals surface area contributed by atoms with Gasteiger partial charge in [-0.1, -0.05) is 6.07 Å². The Labute approximate surface area is 102 Å². The number of phenols is 1. The maximum Gasteiger partial charge on any atom is 0.416 e. The molecule has 0 fully saturated rings. The van der Waals surface area contributed by atoms with Crippen molar-refractivity contribution in [2.45, 2.75) is 18.4 Å². The topological polar surface area (TPSA) is 72.7 Å². The number of hydrogen-bond donors (Lipinski definition) is 4. The van der Waals surface area contributed by atoms with Crippen LogP contribution in [0.2, 0.25) is 0 Å². The van der Waals surface area contributed by atoms with Gasteiger partial charge in [0.25, 0.3) is 0 Å². The van der Waals surface area contributed by atoms with Gasteiger partial charge in [0, 0.05) is 12.1 Å². The lowest BCUT2D eigenvalue weighted by Gasteiger charge is -2.19. The number of aliphatic hydroxyl groups is 2. The zero-order chi connectivity index (χ0) is 13.9. The maximum absolute atomic E-state index is 12.3. The summed E-state index contributed by atoms with van der Waals surface area (Å²) < 4.78 is 37.0. The highest BCUT2D eigenvalue weighted by Gasteiger charge is 2.32. The minimum Gasteiger partial charge on any atom is -0.508 e. The van der Waals surface area contributed by atoms with Crippen molar-refractivity contribution in [2.24, 2.45) is 0 Å². The van der Waals surface area contributed by atoms with Gasteiger partial charge in [0.1, 0.15) is 11.9 Å². The van der Waals surface area contributed by atoms with Crippen LogP contribution in [0.25, 0.3) is 0 Å². The van der Waals surface area contributed by atoms with E-state index in [1.807, 2.05) is 0 Å². The van der Waals surface area contributed by atoms with E-state index in [1.54, 1.807) is 7.05 Å². The van der Waals surface area contributed by atoms with E-state index in [0.29, 0.717) is 6.07 Å². The van der Waals surface area contributed by atoms with E-state index in [1.165, 1.54) is 0 Å². The third-order valence-corrected chi connectivity index (χ3v) is 2.45. The lowest BCUT2D eigenvalue weighted by Crippen LogP contribution is -2.29. The van der Waals surface area contributed by atoms with Gasteiger partial charge >= 0.3 is 6.18 Å². The number of halogens is 3. The Morgan fingerprint density at radius 3 is 2.33 bits per heavy atom. The van der Waals surface area contributed by atoms with Gasteiger partial charge in [0.15, 0.2) is 0 Å². The second kappa shape index (κ2) is 5.55. The van der Waals surface area contributed by atoms with Crippen molar-refractivity contribution in [1.82, 2.24) is 5.32 Å². The number of alkyl halides is 3. The number of phenolic OH excluding ortho intramolecular Hbond substituents is 1. The fourth-order valence-corrected chi connectivity index (χ4v) is 1.50. The van der Waals surface area contributed by atoms with Crippen LogP contribution >= 0.6 is 0 Å². The van der Waals surface area contributed by atoms with Crippen LogP contribution in [0.1, 0.15) is 17.2 Å². The highest BCUT2D eigenvalue weighted by atomic mass is 19.4. The Hall–Kier alpha value is -1.31. The average Bonchev–Trinajstić information content (AvgIpc) is 2.27. The molecule has 1 rings (SSSR count). The second-order valence-electron chi connectivity index (χ2n) is 3.84. The summed E-state index contributed by atoms with van der Waals surface area (Å²) in [7, 11) is 1.54. The van der Waals surface area contributed by atoms with Gasteiger partial charge < -0.3 is 20.6 Å². The number of nitrogens with one attached hydrogen (secondary N) is 1. The van der Waals surface area contributed by atoms with Gasteiger partial charge in [0.05, 0.1) is 11.7 Å². The molecule has 0 amide bonds. The van der Waals surface area contributed by atoms with E-state index in [4.69, 9.17) is 0 Å². The summed E-state index contributed by atoms with van der Waals surface area (Å²) in [6.45, 7) is 0.0433. The van der Waals surface area contributed by atoms with E-state index in [9.17, 15) is 28.5 Å². The van der Waals surface area contributed by atoms with Crippen LogP contribution in [0, 0.1) is 0 Å². The summed E-state index contributed by atoms with van der Waals surface area (Å²) in [4.78, 5) is 0. The number of hydrogen-bond acceptors (Lipinski definition) is 4. The molecule has 4 N–H and O–H groups in total. The molecular weight excluding hydrogens is 251 g/mol. The molecule has 1 aromatic carbocycles. The molecule has 0 bridgehead atoms. The van der Waals surface area contributed by atoms with Crippen molar-refractivity contribution < 1.29 is 28.5 Å². The number of aliphatic hydroxyl groups excluding tert-OH is 2. The highest BCUT2D eigenvalue weighted by Crippen LogP contribution is 2.35. The molecule has 0 radical (unpaired) electrons. The third kappa shape index (κ3) is 3.34. The Bertz CT molecular complexity index is 409. The van der Waals surface area contributed by atoms with Crippen molar-refractivity contribution in [3.05, 3.63) is 29.3 Å². The fraction of sp³-hybridized carbons (Fsp3) is 0.455. The van der Waals surface area contributed by atoms with Crippen molar-refractivity contribution >= 4 is 0 Å². The van der Waals surface area contributed by atoms with Gasteiger partial charge in [0.2, 0.25) is 0 Å². The molecule has 18 heavy (non-hydrogen) atoms.